The number of aliphatic imine (C=N–C) groups is 1. The number of hydrogen-bond donors (Lipinski definition) is 1. The van der Waals surface area contributed by atoms with Gasteiger partial charge in [-0.3, -0.25) is 0 Å². The minimum absolute atomic E-state index is 0.723. The molecule has 0 atom stereocenters. The predicted octanol–water partition coefficient (Wildman–Crippen LogP) is 6.80. The van der Waals surface area contributed by atoms with Crippen molar-refractivity contribution in [2.24, 2.45) is 4.99 Å². The quantitative estimate of drug-likeness (QED) is 0.222. The number of methoxy groups -OCH3 is 2. The Labute approximate surface area is 290 Å². The number of aromatic amines is 1. The first kappa shape index (κ1) is 31.0. The zero-order valence-electron chi connectivity index (χ0n) is 28.6. The first-order valence-electron chi connectivity index (χ1n) is 16.6. The van der Waals surface area contributed by atoms with Gasteiger partial charge >= 0.3 is 0 Å². The van der Waals surface area contributed by atoms with Crippen LogP contribution in [0.2, 0.25) is 0 Å². The van der Waals surface area contributed by atoms with Crippen molar-refractivity contribution in [2.75, 3.05) is 14.2 Å². The smallest absolute Gasteiger partial charge is 0.137 e. The Morgan fingerprint density at radius 2 is 0.940 bits per heavy atom. The normalized spacial score (nSPS) is 20.1. The summed E-state index contributed by atoms with van der Waals surface area (Å²) in [5.41, 5.74) is 15.5. The van der Waals surface area contributed by atoms with Gasteiger partial charge in [0.1, 0.15) is 33.2 Å². The molecule has 0 saturated carbocycles. The molecule has 2 aliphatic heterocycles. The van der Waals surface area contributed by atoms with Crippen LogP contribution >= 0.6 is 0 Å². The fraction of sp³-hybridized carbons (Fsp3) is 0.114. The molecule has 0 unspecified atom stereocenters. The molecular weight excluding hydrogens is 620 g/mol. The second-order valence-electron chi connectivity index (χ2n) is 12.5. The molecule has 0 amide bonds. The van der Waals surface area contributed by atoms with Crippen LogP contribution in [-0.2, 0) is 0 Å². The first-order chi connectivity index (χ1) is 24.4. The molecule has 0 saturated heterocycles. The fourth-order valence-electron chi connectivity index (χ4n) is 6.57. The van der Waals surface area contributed by atoms with Crippen LogP contribution in [-0.4, -0.2) is 24.9 Å². The van der Waals surface area contributed by atoms with Crippen molar-refractivity contribution in [2.45, 2.75) is 20.8 Å². The lowest BCUT2D eigenvalue weighted by Gasteiger charge is -2.11. The molecule has 246 valence electrons. The fourth-order valence-corrected chi connectivity index (χ4v) is 6.57. The number of aromatic nitrogens is 1. The van der Waals surface area contributed by atoms with Gasteiger partial charge in [-0.1, -0.05) is 54.1 Å². The van der Waals surface area contributed by atoms with Crippen LogP contribution in [0.4, 0.5) is 0 Å². The summed E-state index contributed by atoms with van der Waals surface area (Å²) in [7, 11) is 3.35. The number of nitrogens with zero attached hydrogens (tertiary/aromatic N) is 1. The number of ether oxygens (including phenoxy) is 2. The maximum Gasteiger partial charge on any atom is 0.137 e. The van der Waals surface area contributed by atoms with E-state index >= 15 is 0 Å². The summed E-state index contributed by atoms with van der Waals surface area (Å²) in [6, 6.07) is 37.0. The van der Waals surface area contributed by atoms with E-state index in [9.17, 15) is 0 Å². The largest absolute Gasteiger partial charge is 0.497 e. The molecule has 0 radical (unpaired) electrons. The van der Waals surface area contributed by atoms with Crippen LogP contribution in [0.3, 0.4) is 0 Å². The zero-order chi connectivity index (χ0) is 34.4. The van der Waals surface area contributed by atoms with E-state index in [2.05, 4.69) is 86.4 Å². The van der Waals surface area contributed by atoms with Gasteiger partial charge in [-0.25, -0.2) is 4.99 Å². The second kappa shape index (κ2) is 12.6. The molecule has 0 fully saturated rings. The minimum Gasteiger partial charge on any atom is -0.497 e. The Morgan fingerprint density at radius 3 is 1.50 bits per heavy atom. The molecule has 8 rings (SSSR count). The molecule has 6 heteroatoms. The van der Waals surface area contributed by atoms with Crippen LogP contribution in [0.5, 0.6) is 11.5 Å². The molecule has 3 aromatic carbocycles. The van der Waals surface area contributed by atoms with Crippen molar-refractivity contribution < 1.29 is 18.3 Å². The van der Waals surface area contributed by atoms with Crippen LogP contribution in [0.15, 0.2) is 141 Å². The molecule has 5 heterocycles. The molecule has 6 nitrogen and oxygen atoms in total. The molecule has 1 N–H and O–H groups in total. The van der Waals surface area contributed by atoms with Crippen molar-refractivity contribution in [1.29, 1.82) is 0 Å². The molecule has 0 aliphatic carbocycles. The van der Waals surface area contributed by atoms with Gasteiger partial charge < -0.3 is 23.3 Å². The van der Waals surface area contributed by atoms with Gasteiger partial charge in [0.25, 0.3) is 0 Å². The number of benzene rings is 3. The average Bonchev–Trinajstić information content (AvgIpc) is 3.99. The van der Waals surface area contributed by atoms with Gasteiger partial charge in [-0.2, -0.15) is 0 Å². The van der Waals surface area contributed by atoms with Crippen LogP contribution < -0.4 is 31.1 Å². The molecular formula is C44H36N2O4. The van der Waals surface area contributed by atoms with Crippen molar-refractivity contribution in [3.05, 3.63) is 182 Å². The van der Waals surface area contributed by atoms with Gasteiger partial charge in [-0.05, 0) is 121 Å². The number of furan rings is 2. The summed E-state index contributed by atoms with van der Waals surface area (Å²) in [5, 5.41) is 0. The van der Waals surface area contributed by atoms with Gasteiger partial charge in [0.15, 0.2) is 0 Å². The number of H-pyrrole nitrogens is 1. The molecule has 6 aromatic rings. The summed E-state index contributed by atoms with van der Waals surface area (Å²) >= 11 is 0. The Kier molecular flexibility index (Phi) is 7.84. The lowest BCUT2D eigenvalue weighted by atomic mass is 9.99. The summed E-state index contributed by atoms with van der Waals surface area (Å²) in [6.07, 6.45) is 4.16. The van der Waals surface area contributed by atoms with Gasteiger partial charge in [0.05, 0.1) is 36.9 Å². The van der Waals surface area contributed by atoms with Crippen LogP contribution in [0.25, 0.3) is 27.9 Å². The number of allylic oxidation sites excluding steroid dienone is 2. The number of rotatable bonds is 5. The summed E-state index contributed by atoms with van der Waals surface area (Å²) < 4.78 is 24.3. The van der Waals surface area contributed by atoms with Crippen LogP contribution in [0, 0.1) is 6.92 Å². The van der Waals surface area contributed by atoms with E-state index in [1.807, 2.05) is 60.7 Å². The SMILES string of the molecule is COc1ccc(/C2=c3\cc/c(o3)=C(C)/C(C)=c3/cc/c(o3)=C(\c3ccc(OC)cc3)c3ccc([nH]3)/C(c3ccc(C)cc3)=C3/C=CC2=N3)cc1. The first-order valence-corrected chi connectivity index (χ1v) is 16.6. The maximum absolute atomic E-state index is 6.67. The Hall–Kier alpha value is -6.27. The van der Waals surface area contributed by atoms with E-state index < -0.39 is 0 Å². The van der Waals surface area contributed by atoms with E-state index in [1.54, 1.807) is 14.2 Å². The average molecular weight is 657 g/mol. The van der Waals surface area contributed by atoms with Gasteiger partial charge in [0.2, 0.25) is 0 Å². The zero-order valence-corrected chi connectivity index (χ0v) is 28.6. The Bertz CT molecular complexity index is 2600. The number of aryl methyl sites for hydroxylation is 1. The lowest BCUT2D eigenvalue weighted by molar-refractivity contribution is 0.414. The topological polar surface area (TPSA) is 72.9 Å². The van der Waals surface area contributed by atoms with E-state index in [0.29, 0.717) is 0 Å². The summed E-state index contributed by atoms with van der Waals surface area (Å²) in [5.74, 6) is 1.57. The van der Waals surface area contributed by atoms with E-state index in [0.717, 1.165) is 101 Å². The highest BCUT2D eigenvalue weighted by molar-refractivity contribution is 6.30. The highest BCUT2D eigenvalue weighted by Gasteiger charge is 2.21. The van der Waals surface area contributed by atoms with E-state index in [1.165, 1.54) is 5.56 Å². The third-order valence-electron chi connectivity index (χ3n) is 9.48. The van der Waals surface area contributed by atoms with Crippen molar-refractivity contribution in [3.63, 3.8) is 0 Å². The minimum atomic E-state index is 0.723. The third kappa shape index (κ3) is 5.55. The van der Waals surface area contributed by atoms with Gasteiger partial charge in [-0.15, -0.1) is 0 Å². The Morgan fingerprint density at radius 1 is 0.480 bits per heavy atom. The maximum atomic E-state index is 6.67. The molecule has 2 aliphatic rings. The predicted molar refractivity (Wildman–Crippen MR) is 199 cm³/mol. The monoisotopic (exact) mass is 656 g/mol. The third-order valence-corrected chi connectivity index (χ3v) is 9.48. The number of fused-ring (bicyclic) bond motifs is 7. The van der Waals surface area contributed by atoms with Crippen molar-refractivity contribution in [3.8, 4) is 11.5 Å². The lowest BCUT2D eigenvalue weighted by Crippen LogP contribution is -2.14. The Balaban J connectivity index is 1.48. The molecule has 0 spiro atoms. The van der Waals surface area contributed by atoms with E-state index in [4.69, 9.17) is 23.3 Å². The highest BCUT2D eigenvalue weighted by atomic mass is 16.5. The van der Waals surface area contributed by atoms with Crippen LogP contribution in [0.1, 0.15) is 47.5 Å². The van der Waals surface area contributed by atoms with Gasteiger partial charge in [0, 0.05) is 16.8 Å². The molecule has 50 heavy (non-hydrogen) atoms. The second-order valence-corrected chi connectivity index (χ2v) is 12.5. The summed E-state index contributed by atoms with van der Waals surface area (Å²) in [4.78, 5) is 9.07. The highest BCUT2D eigenvalue weighted by Crippen LogP contribution is 2.34. The molecule has 8 bridgehead atoms. The molecule has 3 aromatic heterocycles. The standard InChI is InChI=1S/C44H36N2O4/c1-26-6-8-29(9-7-26)42-34-18-20-36(45-34)43(30-10-14-32(47-4)15-11-30)40-24-22-38(49-40)27(2)28(3)39-23-25-41(50-39)44(37-21-19-35(42)46-37)31-12-16-33(48-5)17-13-31/h6-25,45H,1-5H3/b28-27?,38-27-,39-28-,42-34?,42-35-,43-36?,43-40-,44-37?,44-41-. The number of hydrogen-bond acceptors (Lipinski definition) is 5. The van der Waals surface area contributed by atoms with Crippen molar-refractivity contribution in [1.82, 2.24) is 4.98 Å². The number of nitrogens with one attached hydrogen (secondary N) is 1. The summed E-state index contributed by atoms with van der Waals surface area (Å²) in [6.45, 7) is 6.23. The van der Waals surface area contributed by atoms with E-state index in [-0.39, 0.29) is 0 Å². The van der Waals surface area contributed by atoms with Crippen molar-refractivity contribution >= 4 is 33.6 Å².